The van der Waals surface area contributed by atoms with Crippen LogP contribution in [0.4, 0.5) is 0 Å². The third kappa shape index (κ3) is 3.11. The fourth-order valence-electron chi connectivity index (χ4n) is 2.78. The van der Waals surface area contributed by atoms with Crippen LogP contribution < -0.4 is 0 Å². The molecule has 1 aromatic rings. The Morgan fingerprint density at radius 1 is 1.29 bits per heavy atom. The number of carboxylic acids is 1. The summed E-state index contributed by atoms with van der Waals surface area (Å²) in [5.41, 5.74) is 1.17. The molecule has 1 N–H and O–H groups in total. The zero-order chi connectivity index (χ0) is 15.0. The second kappa shape index (κ2) is 5.77. The predicted octanol–water partition coefficient (Wildman–Crippen LogP) is 1.86. The highest BCUT2D eigenvalue weighted by atomic mass is 79.9. The van der Waals surface area contributed by atoms with Gasteiger partial charge in [0.1, 0.15) is 0 Å². The number of halogens is 1. The first-order valence-corrected chi connectivity index (χ1v) is 7.74. The third-order valence-corrected chi connectivity index (χ3v) is 4.59. The largest absolute Gasteiger partial charge is 0.479 e. The summed E-state index contributed by atoms with van der Waals surface area (Å²) in [6.07, 6.45) is -0.0529. The molecule has 0 bridgehead atoms. The normalized spacial score (nSPS) is 28.2. The molecule has 0 spiro atoms. The number of carboxylic acid groups (broad SMARTS) is 1. The Kier molecular flexibility index (Phi) is 3.99. The summed E-state index contributed by atoms with van der Waals surface area (Å²) in [6.45, 7) is 0.919. The highest BCUT2D eigenvalue weighted by Crippen LogP contribution is 2.48. The molecule has 2 fully saturated rings. The number of amides is 1. The number of carbonyl (C=O) groups excluding carboxylic acids is 1. The first kappa shape index (κ1) is 14.5. The molecule has 0 radical (unpaired) electrons. The van der Waals surface area contributed by atoms with Crippen LogP contribution in [0.2, 0.25) is 0 Å². The van der Waals surface area contributed by atoms with Crippen molar-refractivity contribution in [3.8, 4) is 0 Å². The van der Waals surface area contributed by atoms with Crippen LogP contribution in [0.5, 0.6) is 0 Å². The summed E-state index contributed by atoms with van der Waals surface area (Å²) >= 11 is 3.40. The molecule has 3 atom stereocenters. The van der Waals surface area contributed by atoms with Gasteiger partial charge >= 0.3 is 5.97 Å². The standard InChI is InChI=1S/C15H16BrNO4/c16-10-3-1-9(2-4-10)11-7-12(11)14(18)17-5-6-21-13(8-17)15(19)20/h1-4,11-13H,5-8H2,(H,19,20). The van der Waals surface area contributed by atoms with Crippen LogP contribution in [0.3, 0.4) is 0 Å². The van der Waals surface area contributed by atoms with E-state index in [4.69, 9.17) is 9.84 Å². The van der Waals surface area contributed by atoms with Crippen molar-refractivity contribution in [1.29, 1.82) is 0 Å². The number of benzene rings is 1. The maximum absolute atomic E-state index is 12.4. The topological polar surface area (TPSA) is 66.8 Å². The van der Waals surface area contributed by atoms with Gasteiger partial charge in [0.25, 0.3) is 0 Å². The van der Waals surface area contributed by atoms with Gasteiger partial charge in [-0.05, 0) is 30.0 Å². The lowest BCUT2D eigenvalue weighted by atomic mass is 10.1. The van der Waals surface area contributed by atoms with Gasteiger partial charge in [-0.2, -0.15) is 0 Å². The van der Waals surface area contributed by atoms with E-state index < -0.39 is 12.1 Å². The van der Waals surface area contributed by atoms with Gasteiger partial charge in [-0.15, -0.1) is 0 Å². The predicted molar refractivity (Wildman–Crippen MR) is 78.9 cm³/mol. The molecule has 1 aromatic carbocycles. The van der Waals surface area contributed by atoms with Gasteiger partial charge in [-0.25, -0.2) is 4.79 Å². The van der Waals surface area contributed by atoms with Gasteiger partial charge in [-0.1, -0.05) is 28.1 Å². The van der Waals surface area contributed by atoms with Crippen molar-refractivity contribution in [3.63, 3.8) is 0 Å². The second-order valence-electron chi connectivity index (χ2n) is 5.48. The van der Waals surface area contributed by atoms with Crippen LogP contribution >= 0.6 is 15.9 Å². The van der Waals surface area contributed by atoms with Crippen LogP contribution in [0.1, 0.15) is 17.9 Å². The minimum atomic E-state index is -1.01. The van der Waals surface area contributed by atoms with E-state index in [1.165, 1.54) is 5.56 Å². The SMILES string of the molecule is O=C(O)C1CN(C(=O)C2CC2c2ccc(Br)cc2)CCO1. The van der Waals surface area contributed by atoms with Gasteiger partial charge < -0.3 is 14.7 Å². The molecule has 0 aromatic heterocycles. The monoisotopic (exact) mass is 353 g/mol. The Morgan fingerprint density at radius 3 is 2.67 bits per heavy atom. The van der Waals surface area contributed by atoms with Gasteiger partial charge in [0.15, 0.2) is 6.10 Å². The second-order valence-corrected chi connectivity index (χ2v) is 6.40. The van der Waals surface area contributed by atoms with E-state index in [1.54, 1.807) is 4.90 Å². The number of aliphatic carboxylic acids is 1. The van der Waals surface area contributed by atoms with Crippen LogP contribution in [0, 0.1) is 5.92 Å². The third-order valence-electron chi connectivity index (χ3n) is 4.06. The van der Waals surface area contributed by atoms with E-state index in [0.717, 1.165) is 10.9 Å². The molecule has 5 nitrogen and oxygen atoms in total. The molecule has 1 aliphatic heterocycles. The lowest BCUT2D eigenvalue weighted by molar-refractivity contribution is -0.159. The zero-order valence-electron chi connectivity index (χ0n) is 11.4. The van der Waals surface area contributed by atoms with Gasteiger partial charge in [0.2, 0.25) is 5.91 Å². The van der Waals surface area contributed by atoms with Crippen molar-refractivity contribution < 1.29 is 19.4 Å². The van der Waals surface area contributed by atoms with Gasteiger partial charge in [0.05, 0.1) is 13.2 Å². The number of ether oxygens (including phenoxy) is 1. The highest BCUT2D eigenvalue weighted by Gasteiger charge is 2.46. The molecule has 6 heteroatoms. The van der Waals surface area contributed by atoms with Crippen LogP contribution in [0.25, 0.3) is 0 Å². The average Bonchev–Trinajstić information content (AvgIpc) is 3.28. The van der Waals surface area contributed by atoms with Crippen molar-refractivity contribution in [2.45, 2.75) is 18.4 Å². The quantitative estimate of drug-likeness (QED) is 0.900. The van der Waals surface area contributed by atoms with Gasteiger partial charge in [0, 0.05) is 16.9 Å². The fourth-order valence-corrected chi connectivity index (χ4v) is 3.04. The lowest BCUT2D eigenvalue weighted by Crippen LogP contribution is -2.49. The minimum absolute atomic E-state index is 0.0151. The van der Waals surface area contributed by atoms with E-state index in [-0.39, 0.29) is 24.3 Å². The molecule has 112 valence electrons. The summed E-state index contributed by atoms with van der Waals surface area (Å²) in [5, 5.41) is 8.98. The molecule has 1 saturated carbocycles. The lowest BCUT2D eigenvalue weighted by Gasteiger charge is -2.31. The smallest absolute Gasteiger partial charge is 0.334 e. The highest BCUT2D eigenvalue weighted by molar-refractivity contribution is 9.10. The summed E-state index contributed by atoms with van der Waals surface area (Å²) in [5.74, 6) is -0.708. The number of hydrogen-bond donors (Lipinski definition) is 1. The van der Waals surface area contributed by atoms with Crippen molar-refractivity contribution in [2.75, 3.05) is 19.7 Å². The number of rotatable bonds is 3. The Morgan fingerprint density at radius 2 is 2.00 bits per heavy atom. The van der Waals surface area contributed by atoms with Crippen molar-refractivity contribution in [3.05, 3.63) is 34.3 Å². The number of hydrogen-bond acceptors (Lipinski definition) is 3. The molecular formula is C15H16BrNO4. The average molecular weight is 354 g/mol. The molecule has 1 heterocycles. The first-order chi connectivity index (χ1) is 10.1. The molecule has 2 aliphatic rings. The summed E-state index contributed by atoms with van der Waals surface area (Å²) in [6, 6.07) is 8.01. The van der Waals surface area contributed by atoms with Gasteiger partial charge in [-0.3, -0.25) is 4.79 Å². The van der Waals surface area contributed by atoms with E-state index in [9.17, 15) is 9.59 Å². The van der Waals surface area contributed by atoms with Crippen molar-refractivity contribution in [1.82, 2.24) is 4.90 Å². The molecule has 3 rings (SSSR count). The molecular weight excluding hydrogens is 338 g/mol. The van der Waals surface area contributed by atoms with E-state index in [1.807, 2.05) is 24.3 Å². The molecule has 21 heavy (non-hydrogen) atoms. The van der Waals surface area contributed by atoms with E-state index in [2.05, 4.69) is 15.9 Å². The van der Waals surface area contributed by atoms with E-state index >= 15 is 0 Å². The Labute approximate surface area is 131 Å². The van der Waals surface area contributed by atoms with Crippen LogP contribution in [-0.4, -0.2) is 47.7 Å². The Bertz CT molecular complexity index is 559. The van der Waals surface area contributed by atoms with Crippen LogP contribution in [0.15, 0.2) is 28.7 Å². The number of nitrogens with zero attached hydrogens (tertiary/aromatic N) is 1. The summed E-state index contributed by atoms with van der Waals surface area (Å²) in [7, 11) is 0. The molecule has 1 aliphatic carbocycles. The Hall–Kier alpha value is -1.40. The zero-order valence-corrected chi connectivity index (χ0v) is 13.0. The minimum Gasteiger partial charge on any atom is -0.479 e. The van der Waals surface area contributed by atoms with Crippen molar-refractivity contribution in [2.24, 2.45) is 5.92 Å². The molecule has 1 saturated heterocycles. The maximum atomic E-state index is 12.4. The fraction of sp³-hybridized carbons (Fsp3) is 0.467. The van der Waals surface area contributed by atoms with Crippen molar-refractivity contribution >= 4 is 27.8 Å². The van der Waals surface area contributed by atoms with E-state index in [0.29, 0.717) is 13.2 Å². The van der Waals surface area contributed by atoms with Crippen LogP contribution in [-0.2, 0) is 14.3 Å². The molecule has 3 unspecified atom stereocenters. The number of carbonyl (C=O) groups is 2. The first-order valence-electron chi connectivity index (χ1n) is 6.95. The Balaban J connectivity index is 1.62. The summed E-state index contributed by atoms with van der Waals surface area (Å²) in [4.78, 5) is 25.0. The summed E-state index contributed by atoms with van der Waals surface area (Å²) < 4.78 is 6.17. The maximum Gasteiger partial charge on any atom is 0.334 e. The number of morpholine rings is 1. The molecule has 1 amide bonds.